The summed E-state index contributed by atoms with van der Waals surface area (Å²) in [6.45, 7) is 16.5. The monoisotopic (exact) mass is 471 g/mol. The molecule has 190 valence electrons. The smallest absolute Gasteiger partial charge is 0.0582 e. The third-order valence-electron chi connectivity index (χ3n) is 8.58. The number of allylic oxidation sites excluding steroid dienone is 10. The van der Waals surface area contributed by atoms with Crippen molar-refractivity contribution in [1.29, 1.82) is 0 Å². The van der Waals surface area contributed by atoms with Crippen molar-refractivity contribution >= 4 is 0 Å². The lowest BCUT2D eigenvalue weighted by molar-refractivity contribution is 0.317. The molecule has 0 aromatic rings. The van der Waals surface area contributed by atoms with Crippen molar-refractivity contribution in [2.75, 3.05) is 0 Å². The molecule has 1 heterocycles. The highest BCUT2D eigenvalue weighted by Crippen LogP contribution is 2.43. The molecule has 3 aliphatic carbocycles. The van der Waals surface area contributed by atoms with Gasteiger partial charge in [0.2, 0.25) is 0 Å². The number of unbranched alkanes of at least 4 members (excludes halogenated alkanes) is 1. The second-order valence-electron chi connectivity index (χ2n) is 13.1. The Hall–Kier alpha value is -2.02. The number of rotatable bonds is 8. The van der Waals surface area contributed by atoms with Crippen LogP contribution in [0.15, 0.2) is 82.8 Å². The van der Waals surface area contributed by atoms with Gasteiger partial charge in [0, 0.05) is 17.8 Å². The van der Waals surface area contributed by atoms with E-state index in [0.717, 1.165) is 6.42 Å². The zero-order valence-corrected chi connectivity index (χ0v) is 23.5. The molecule has 0 spiro atoms. The van der Waals surface area contributed by atoms with Crippen molar-refractivity contribution in [3.63, 3.8) is 0 Å². The normalized spacial score (nSPS) is 27.3. The van der Waals surface area contributed by atoms with Gasteiger partial charge in [-0.25, -0.2) is 0 Å². The van der Waals surface area contributed by atoms with Gasteiger partial charge in [-0.2, -0.15) is 0 Å². The van der Waals surface area contributed by atoms with E-state index >= 15 is 0 Å². The first-order valence-corrected chi connectivity index (χ1v) is 14.3. The first-order valence-electron chi connectivity index (χ1n) is 14.3. The summed E-state index contributed by atoms with van der Waals surface area (Å²) in [4.78, 5) is 2.61. The number of hydrogen-bond acceptors (Lipinski definition) is 1. The zero-order chi connectivity index (χ0) is 25.2. The number of hydrogen-bond donors (Lipinski definition) is 0. The Morgan fingerprint density at radius 2 is 1.83 bits per heavy atom. The van der Waals surface area contributed by atoms with Crippen LogP contribution in [-0.4, -0.2) is 10.9 Å². The molecule has 35 heavy (non-hydrogen) atoms. The predicted octanol–water partition coefficient (Wildman–Crippen LogP) is 9.84. The molecular formula is C34H49N. The third kappa shape index (κ3) is 6.04. The highest BCUT2D eigenvalue weighted by molar-refractivity contribution is 5.46. The second-order valence-corrected chi connectivity index (χ2v) is 13.1. The van der Waals surface area contributed by atoms with E-state index in [1.165, 1.54) is 56.2 Å². The molecule has 0 bridgehead atoms. The summed E-state index contributed by atoms with van der Waals surface area (Å²) in [7, 11) is 0. The second kappa shape index (κ2) is 10.5. The molecule has 1 nitrogen and oxygen atoms in total. The van der Waals surface area contributed by atoms with Gasteiger partial charge in [-0.3, -0.25) is 0 Å². The van der Waals surface area contributed by atoms with E-state index in [1.54, 1.807) is 16.7 Å². The van der Waals surface area contributed by atoms with Gasteiger partial charge in [0.25, 0.3) is 0 Å². The largest absolute Gasteiger partial charge is 0.344 e. The lowest BCUT2D eigenvalue weighted by Crippen LogP contribution is -2.34. The molecule has 0 aromatic heterocycles. The van der Waals surface area contributed by atoms with E-state index in [2.05, 4.69) is 108 Å². The maximum atomic E-state index is 2.61. The van der Waals surface area contributed by atoms with E-state index < -0.39 is 0 Å². The minimum absolute atomic E-state index is 0.284. The van der Waals surface area contributed by atoms with Crippen LogP contribution in [0.3, 0.4) is 0 Å². The molecule has 4 rings (SSSR count). The van der Waals surface area contributed by atoms with Crippen molar-refractivity contribution in [2.45, 2.75) is 106 Å². The maximum Gasteiger partial charge on any atom is 0.0582 e. The fraction of sp³-hybridized carbons (Fsp3) is 0.588. The van der Waals surface area contributed by atoms with E-state index in [9.17, 15) is 0 Å². The van der Waals surface area contributed by atoms with E-state index in [4.69, 9.17) is 0 Å². The molecule has 1 heteroatoms. The van der Waals surface area contributed by atoms with Gasteiger partial charge >= 0.3 is 0 Å². The lowest BCUT2D eigenvalue weighted by atomic mass is 9.76. The van der Waals surface area contributed by atoms with Gasteiger partial charge in [0.1, 0.15) is 0 Å². The van der Waals surface area contributed by atoms with Crippen LogP contribution in [0, 0.1) is 22.7 Å². The van der Waals surface area contributed by atoms with Crippen LogP contribution in [0.5, 0.6) is 0 Å². The van der Waals surface area contributed by atoms with Crippen LogP contribution in [0.1, 0.15) is 99.8 Å². The standard InChI is InChI=1S/C34H49N/c1-8-9-19-34(7)20-16-27(17-21-34)32(23-25(2)3)35-22-18-29-24-28(12-15-31(29)35)26-10-13-30(14-11-26)33(4,5)6/h10,12-13,15-18,20,22,25,29,32H,8-9,11,14,19,21,23-24H2,1-7H3. The van der Waals surface area contributed by atoms with Crippen molar-refractivity contribution in [2.24, 2.45) is 22.7 Å². The number of fused-ring (bicyclic) bond motifs is 1. The predicted molar refractivity (Wildman–Crippen MR) is 153 cm³/mol. The fourth-order valence-electron chi connectivity index (χ4n) is 6.15. The summed E-state index contributed by atoms with van der Waals surface area (Å²) in [6.07, 6.45) is 31.8. The Morgan fingerprint density at radius 3 is 2.43 bits per heavy atom. The van der Waals surface area contributed by atoms with Crippen molar-refractivity contribution < 1.29 is 0 Å². The third-order valence-corrected chi connectivity index (χ3v) is 8.58. The average Bonchev–Trinajstić information content (AvgIpc) is 3.24. The fourth-order valence-corrected chi connectivity index (χ4v) is 6.15. The molecule has 4 aliphatic rings. The summed E-state index contributed by atoms with van der Waals surface area (Å²) < 4.78 is 0. The molecule has 0 saturated carbocycles. The summed E-state index contributed by atoms with van der Waals surface area (Å²) in [5.41, 5.74) is 8.30. The van der Waals surface area contributed by atoms with Gasteiger partial charge in [-0.15, -0.1) is 0 Å². The SMILES string of the molecule is CCCCC1(C)C=CC(C(CC(C)C)N2C=CC3CC(C4=CC=C(C(C)(C)C)CC4)=CC=C32)=CC1. The summed E-state index contributed by atoms with van der Waals surface area (Å²) in [5.74, 6) is 1.18. The molecule has 0 fully saturated rings. The van der Waals surface area contributed by atoms with Crippen molar-refractivity contribution in [3.8, 4) is 0 Å². The average molecular weight is 472 g/mol. The highest BCUT2D eigenvalue weighted by atomic mass is 15.2. The van der Waals surface area contributed by atoms with Crippen molar-refractivity contribution in [3.05, 3.63) is 82.8 Å². The molecule has 3 unspecified atom stereocenters. The van der Waals surface area contributed by atoms with Gasteiger partial charge < -0.3 is 4.90 Å². The molecule has 0 aromatic carbocycles. The molecule has 0 N–H and O–H groups in total. The van der Waals surface area contributed by atoms with Crippen LogP contribution in [0.2, 0.25) is 0 Å². The molecule has 0 radical (unpaired) electrons. The minimum atomic E-state index is 0.284. The Morgan fingerprint density at radius 1 is 1.06 bits per heavy atom. The van der Waals surface area contributed by atoms with Crippen LogP contribution in [0.25, 0.3) is 0 Å². The molecule has 1 aliphatic heterocycles. The van der Waals surface area contributed by atoms with E-state index in [-0.39, 0.29) is 5.41 Å². The first kappa shape index (κ1) is 26.1. The van der Waals surface area contributed by atoms with Crippen LogP contribution in [-0.2, 0) is 0 Å². The Bertz CT molecular complexity index is 1000. The summed E-state index contributed by atoms with van der Waals surface area (Å²) >= 11 is 0. The number of nitrogens with zero attached hydrogens (tertiary/aromatic N) is 1. The van der Waals surface area contributed by atoms with Gasteiger partial charge in [0.05, 0.1) is 6.04 Å². The highest BCUT2D eigenvalue weighted by Gasteiger charge is 2.34. The van der Waals surface area contributed by atoms with Crippen molar-refractivity contribution in [1.82, 2.24) is 4.90 Å². The first-order chi connectivity index (χ1) is 16.6. The quantitative estimate of drug-likeness (QED) is 0.340. The lowest BCUT2D eigenvalue weighted by Gasteiger charge is -2.37. The van der Waals surface area contributed by atoms with Crippen LogP contribution in [0.4, 0.5) is 0 Å². The summed E-state index contributed by atoms with van der Waals surface area (Å²) in [6, 6.07) is 0.440. The summed E-state index contributed by atoms with van der Waals surface area (Å²) in [5, 5.41) is 0. The van der Waals surface area contributed by atoms with Crippen LogP contribution < -0.4 is 0 Å². The topological polar surface area (TPSA) is 3.24 Å². The molecule has 0 amide bonds. The van der Waals surface area contributed by atoms with E-state index in [1.807, 2.05) is 0 Å². The van der Waals surface area contributed by atoms with Crippen LogP contribution >= 0.6 is 0 Å². The van der Waals surface area contributed by atoms with E-state index in [0.29, 0.717) is 23.3 Å². The zero-order valence-electron chi connectivity index (χ0n) is 23.5. The maximum absolute atomic E-state index is 2.61. The Balaban J connectivity index is 1.53. The van der Waals surface area contributed by atoms with Gasteiger partial charge in [0.15, 0.2) is 0 Å². The minimum Gasteiger partial charge on any atom is -0.344 e. The molecular weight excluding hydrogens is 422 g/mol. The molecule has 0 saturated heterocycles. The van der Waals surface area contributed by atoms with Gasteiger partial charge in [-0.05, 0) is 78.1 Å². The van der Waals surface area contributed by atoms with Gasteiger partial charge in [-0.1, -0.05) is 109 Å². The Labute approximate surface area is 216 Å². The molecule has 3 atom stereocenters. The Kier molecular flexibility index (Phi) is 7.84.